The molecule has 0 aliphatic carbocycles. The zero-order valence-corrected chi connectivity index (χ0v) is 19.8. The molecule has 0 saturated heterocycles. The molecule has 3 aromatic carbocycles. The number of rotatable bonds is 11. The second-order valence-corrected chi connectivity index (χ2v) is 8.25. The van der Waals surface area contributed by atoms with Crippen LogP contribution in [0.4, 0.5) is 0 Å². The molecule has 176 valence electrons. The standard InChI is InChI=1S/C28H31N3O3/c1-33-23-15-11-21(12-16-23)20-31-26-9-6-5-8-25(26)30-27(31)10-4-3-7-19-29-28(32)22-13-17-24(34-2)18-14-22/h5-6,8-9,11-18H,3-4,7,10,19-20H2,1-2H3,(H,29,32). The Morgan fingerprint density at radius 3 is 2.24 bits per heavy atom. The fourth-order valence-electron chi connectivity index (χ4n) is 4.04. The van der Waals surface area contributed by atoms with Gasteiger partial charge in [0.05, 0.1) is 25.3 Å². The highest BCUT2D eigenvalue weighted by Gasteiger charge is 2.11. The van der Waals surface area contributed by atoms with E-state index >= 15 is 0 Å². The van der Waals surface area contributed by atoms with E-state index in [0.29, 0.717) is 12.1 Å². The Hall–Kier alpha value is -3.80. The smallest absolute Gasteiger partial charge is 0.251 e. The summed E-state index contributed by atoms with van der Waals surface area (Å²) >= 11 is 0. The topological polar surface area (TPSA) is 65.4 Å². The normalized spacial score (nSPS) is 10.9. The second-order valence-electron chi connectivity index (χ2n) is 8.25. The predicted octanol–water partition coefficient (Wildman–Crippen LogP) is 5.24. The highest BCUT2D eigenvalue weighted by molar-refractivity contribution is 5.94. The minimum atomic E-state index is -0.0519. The molecule has 0 fully saturated rings. The molecule has 0 saturated carbocycles. The summed E-state index contributed by atoms with van der Waals surface area (Å²) in [6.07, 6.45) is 3.87. The van der Waals surface area contributed by atoms with Crippen LogP contribution in [-0.2, 0) is 13.0 Å². The average Bonchev–Trinajstić information content (AvgIpc) is 3.23. The summed E-state index contributed by atoms with van der Waals surface area (Å²) in [5.41, 5.74) is 4.04. The quantitative estimate of drug-likeness (QED) is 0.313. The van der Waals surface area contributed by atoms with Gasteiger partial charge in [0.2, 0.25) is 0 Å². The number of benzene rings is 3. The largest absolute Gasteiger partial charge is 0.497 e. The van der Waals surface area contributed by atoms with Crippen LogP contribution in [0.5, 0.6) is 11.5 Å². The molecule has 0 unspecified atom stereocenters. The van der Waals surface area contributed by atoms with Crippen LogP contribution in [0.15, 0.2) is 72.8 Å². The number of ether oxygens (including phenoxy) is 2. The van der Waals surface area contributed by atoms with Crippen LogP contribution in [0.1, 0.15) is 41.0 Å². The number of para-hydroxylation sites is 2. The van der Waals surface area contributed by atoms with Gasteiger partial charge in [-0.15, -0.1) is 0 Å². The maximum atomic E-state index is 12.3. The van der Waals surface area contributed by atoms with Gasteiger partial charge >= 0.3 is 0 Å². The molecular weight excluding hydrogens is 426 g/mol. The molecule has 0 bridgehead atoms. The third-order valence-corrected chi connectivity index (χ3v) is 5.95. The summed E-state index contributed by atoms with van der Waals surface area (Å²) < 4.78 is 12.7. The van der Waals surface area contributed by atoms with Crippen molar-refractivity contribution in [3.05, 3.63) is 89.7 Å². The minimum Gasteiger partial charge on any atom is -0.497 e. The summed E-state index contributed by atoms with van der Waals surface area (Å²) in [5.74, 6) is 2.65. The molecule has 0 aliphatic heterocycles. The monoisotopic (exact) mass is 457 g/mol. The first-order valence-corrected chi connectivity index (χ1v) is 11.7. The van der Waals surface area contributed by atoms with Crippen molar-refractivity contribution in [1.29, 1.82) is 0 Å². The zero-order chi connectivity index (χ0) is 23.8. The molecule has 34 heavy (non-hydrogen) atoms. The van der Waals surface area contributed by atoms with Gasteiger partial charge in [0.15, 0.2) is 0 Å². The van der Waals surface area contributed by atoms with Crippen molar-refractivity contribution in [2.45, 2.75) is 32.2 Å². The molecule has 4 rings (SSSR count). The summed E-state index contributed by atoms with van der Waals surface area (Å²) in [7, 11) is 3.30. The number of amides is 1. The molecule has 1 aromatic heterocycles. The van der Waals surface area contributed by atoms with Gasteiger partial charge in [-0.2, -0.15) is 0 Å². The van der Waals surface area contributed by atoms with Gasteiger partial charge in [0, 0.05) is 25.1 Å². The van der Waals surface area contributed by atoms with E-state index in [1.54, 1.807) is 38.5 Å². The highest BCUT2D eigenvalue weighted by atomic mass is 16.5. The number of hydrogen-bond donors (Lipinski definition) is 1. The molecule has 0 spiro atoms. The lowest BCUT2D eigenvalue weighted by Gasteiger charge is -2.10. The van der Waals surface area contributed by atoms with E-state index in [1.807, 2.05) is 18.2 Å². The van der Waals surface area contributed by atoms with Crippen LogP contribution in [0, 0.1) is 0 Å². The molecule has 6 heteroatoms. The van der Waals surface area contributed by atoms with Crippen LogP contribution < -0.4 is 14.8 Å². The Balaban J connectivity index is 1.30. The summed E-state index contributed by atoms with van der Waals surface area (Å²) in [4.78, 5) is 17.2. The minimum absolute atomic E-state index is 0.0519. The Morgan fingerprint density at radius 2 is 1.53 bits per heavy atom. The molecule has 0 radical (unpaired) electrons. The van der Waals surface area contributed by atoms with Gasteiger partial charge < -0.3 is 19.4 Å². The number of carbonyl (C=O) groups excluding carboxylic acids is 1. The predicted molar refractivity (Wildman–Crippen MR) is 135 cm³/mol. The fraction of sp³-hybridized carbons (Fsp3) is 0.286. The van der Waals surface area contributed by atoms with Crippen LogP contribution in [0.3, 0.4) is 0 Å². The lowest BCUT2D eigenvalue weighted by atomic mass is 10.1. The summed E-state index contributed by atoms with van der Waals surface area (Å²) in [6, 6.07) is 23.6. The van der Waals surface area contributed by atoms with E-state index in [4.69, 9.17) is 14.5 Å². The number of imidazole rings is 1. The molecule has 6 nitrogen and oxygen atoms in total. The van der Waals surface area contributed by atoms with Crippen LogP contribution in [-0.4, -0.2) is 36.2 Å². The summed E-state index contributed by atoms with van der Waals surface area (Å²) in [6.45, 7) is 1.44. The molecule has 0 atom stereocenters. The Kier molecular flexibility index (Phi) is 7.81. The first kappa shape index (κ1) is 23.4. The maximum absolute atomic E-state index is 12.3. The Morgan fingerprint density at radius 1 is 0.853 bits per heavy atom. The van der Waals surface area contributed by atoms with E-state index < -0.39 is 0 Å². The van der Waals surface area contributed by atoms with Gasteiger partial charge in [0.25, 0.3) is 5.91 Å². The number of methoxy groups -OCH3 is 2. The number of hydrogen-bond acceptors (Lipinski definition) is 4. The zero-order valence-electron chi connectivity index (χ0n) is 19.8. The van der Waals surface area contributed by atoms with Crippen molar-refractivity contribution in [3.8, 4) is 11.5 Å². The number of aromatic nitrogens is 2. The summed E-state index contributed by atoms with van der Waals surface area (Å²) in [5, 5.41) is 3.00. The van der Waals surface area contributed by atoms with Crippen molar-refractivity contribution < 1.29 is 14.3 Å². The SMILES string of the molecule is COc1ccc(Cn2c(CCCCCNC(=O)c3ccc(OC)cc3)nc3ccccc32)cc1. The van der Waals surface area contributed by atoms with Crippen molar-refractivity contribution >= 4 is 16.9 Å². The van der Waals surface area contributed by atoms with Crippen molar-refractivity contribution in [2.24, 2.45) is 0 Å². The molecule has 4 aromatic rings. The molecule has 0 aliphatic rings. The van der Waals surface area contributed by atoms with E-state index in [-0.39, 0.29) is 5.91 Å². The number of carbonyl (C=O) groups is 1. The van der Waals surface area contributed by atoms with Gasteiger partial charge in [-0.25, -0.2) is 4.98 Å². The second kappa shape index (κ2) is 11.4. The number of unbranched alkanes of at least 4 members (excludes halogenated alkanes) is 2. The first-order chi connectivity index (χ1) is 16.7. The van der Waals surface area contributed by atoms with E-state index in [2.05, 4.69) is 40.2 Å². The average molecular weight is 458 g/mol. The van der Waals surface area contributed by atoms with Gasteiger partial charge in [0.1, 0.15) is 17.3 Å². The van der Waals surface area contributed by atoms with Crippen molar-refractivity contribution in [1.82, 2.24) is 14.9 Å². The van der Waals surface area contributed by atoms with Crippen LogP contribution >= 0.6 is 0 Å². The highest BCUT2D eigenvalue weighted by Crippen LogP contribution is 2.21. The van der Waals surface area contributed by atoms with Crippen LogP contribution in [0.2, 0.25) is 0 Å². The number of nitrogens with zero attached hydrogens (tertiary/aromatic N) is 2. The van der Waals surface area contributed by atoms with E-state index in [0.717, 1.165) is 60.6 Å². The lowest BCUT2D eigenvalue weighted by molar-refractivity contribution is 0.0953. The molecule has 1 heterocycles. The van der Waals surface area contributed by atoms with Gasteiger partial charge in [-0.1, -0.05) is 30.7 Å². The molecule has 1 N–H and O–H groups in total. The van der Waals surface area contributed by atoms with E-state index in [1.165, 1.54) is 5.56 Å². The van der Waals surface area contributed by atoms with Crippen molar-refractivity contribution in [2.75, 3.05) is 20.8 Å². The first-order valence-electron chi connectivity index (χ1n) is 11.7. The molecular formula is C28H31N3O3. The third-order valence-electron chi connectivity index (χ3n) is 5.95. The fourth-order valence-corrected chi connectivity index (χ4v) is 4.04. The Bertz CT molecular complexity index is 1210. The van der Waals surface area contributed by atoms with Gasteiger partial charge in [-0.3, -0.25) is 4.79 Å². The Labute approximate surface area is 200 Å². The third kappa shape index (κ3) is 5.76. The number of aryl methyl sites for hydroxylation is 1. The number of fused-ring (bicyclic) bond motifs is 1. The number of nitrogens with one attached hydrogen (secondary N) is 1. The van der Waals surface area contributed by atoms with Crippen LogP contribution in [0.25, 0.3) is 11.0 Å². The molecule has 1 amide bonds. The van der Waals surface area contributed by atoms with E-state index in [9.17, 15) is 4.79 Å². The lowest BCUT2D eigenvalue weighted by Crippen LogP contribution is -2.24. The van der Waals surface area contributed by atoms with Crippen molar-refractivity contribution in [3.63, 3.8) is 0 Å². The van der Waals surface area contributed by atoms with Gasteiger partial charge in [-0.05, 0) is 66.9 Å². The maximum Gasteiger partial charge on any atom is 0.251 e.